The minimum absolute atomic E-state index is 0.130. The van der Waals surface area contributed by atoms with Gasteiger partial charge in [0.15, 0.2) is 11.6 Å². The van der Waals surface area contributed by atoms with E-state index in [9.17, 15) is 13.6 Å². The molecule has 5 heteroatoms. The number of benzene rings is 1. The first-order valence-corrected chi connectivity index (χ1v) is 6.40. The molecule has 0 saturated carbocycles. The Bertz CT molecular complexity index is 916. The number of aromatic nitrogens is 2. The largest absolute Gasteiger partial charge is 0.318 e. The summed E-state index contributed by atoms with van der Waals surface area (Å²) in [6.07, 6.45) is 1.67. The van der Waals surface area contributed by atoms with Gasteiger partial charge in [-0.05, 0) is 42.6 Å². The molecule has 1 aromatic carbocycles. The van der Waals surface area contributed by atoms with E-state index in [0.29, 0.717) is 22.3 Å². The van der Waals surface area contributed by atoms with E-state index >= 15 is 0 Å². The Balaban J connectivity index is 2.28. The standard InChI is InChI=1S/C16H12F2N2O/c1-9-15-11(5-6-20(2)16(15)21)8-14(19-9)10-3-4-12(17)13(18)7-10/h3-8H,1-2H3. The highest BCUT2D eigenvalue weighted by Gasteiger charge is 2.10. The molecular weight excluding hydrogens is 274 g/mol. The van der Waals surface area contributed by atoms with Gasteiger partial charge in [0.1, 0.15) is 0 Å². The molecule has 3 nitrogen and oxygen atoms in total. The van der Waals surface area contributed by atoms with Crippen molar-refractivity contribution in [1.82, 2.24) is 9.55 Å². The number of aryl methyl sites for hydroxylation is 2. The van der Waals surface area contributed by atoms with Crippen molar-refractivity contribution in [3.8, 4) is 11.3 Å². The molecule has 0 unspecified atom stereocenters. The second-order valence-electron chi connectivity index (χ2n) is 4.92. The SMILES string of the molecule is Cc1nc(-c2ccc(F)c(F)c2)cc2ccn(C)c(=O)c12. The summed E-state index contributed by atoms with van der Waals surface area (Å²) in [4.78, 5) is 16.5. The number of fused-ring (bicyclic) bond motifs is 1. The van der Waals surface area contributed by atoms with Gasteiger partial charge in [0, 0.05) is 18.8 Å². The molecule has 21 heavy (non-hydrogen) atoms. The third-order valence-corrected chi connectivity index (χ3v) is 3.46. The van der Waals surface area contributed by atoms with E-state index in [2.05, 4.69) is 4.98 Å². The Hall–Kier alpha value is -2.56. The van der Waals surface area contributed by atoms with E-state index in [1.807, 2.05) is 0 Å². The van der Waals surface area contributed by atoms with Crippen LogP contribution in [0.1, 0.15) is 5.69 Å². The van der Waals surface area contributed by atoms with Crippen LogP contribution in [-0.4, -0.2) is 9.55 Å². The summed E-state index contributed by atoms with van der Waals surface area (Å²) < 4.78 is 27.8. The van der Waals surface area contributed by atoms with Crippen molar-refractivity contribution in [3.63, 3.8) is 0 Å². The fourth-order valence-corrected chi connectivity index (χ4v) is 2.35. The maximum atomic E-state index is 13.3. The van der Waals surface area contributed by atoms with Crippen molar-refractivity contribution in [1.29, 1.82) is 0 Å². The van der Waals surface area contributed by atoms with Gasteiger partial charge < -0.3 is 4.57 Å². The summed E-state index contributed by atoms with van der Waals surface area (Å²) in [6.45, 7) is 1.73. The van der Waals surface area contributed by atoms with Crippen molar-refractivity contribution < 1.29 is 8.78 Å². The molecule has 0 saturated heterocycles. The minimum Gasteiger partial charge on any atom is -0.318 e. The zero-order valence-electron chi connectivity index (χ0n) is 11.5. The van der Waals surface area contributed by atoms with Gasteiger partial charge in [-0.15, -0.1) is 0 Å². The number of nitrogens with zero attached hydrogens (tertiary/aromatic N) is 2. The fraction of sp³-hybridized carbons (Fsp3) is 0.125. The monoisotopic (exact) mass is 286 g/mol. The second kappa shape index (κ2) is 4.77. The Labute approximate surface area is 119 Å². The minimum atomic E-state index is -0.920. The molecule has 0 aliphatic heterocycles. The van der Waals surface area contributed by atoms with Gasteiger partial charge in [0.25, 0.3) is 5.56 Å². The zero-order chi connectivity index (χ0) is 15.1. The summed E-state index contributed by atoms with van der Waals surface area (Å²) in [5.41, 5.74) is 1.41. The average molecular weight is 286 g/mol. The number of rotatable bonds is 1. The van der Waals surface area contributed by atoms with Crippen molar-refractivity contribution in [2.24, 2.45) is 7.05 Å². The topological polar surface area (TPSA) is 34.9 Å². The lowest BCUT2D eigenvalue weighted by Crippen LogP contribution is -2.17. The van der Waals surface area contributed by atoms with E-state index in [1.165, 1.54) is 10.6 Å². The maximum absolute atomic E-state index is 13.3. The third kappa shape index (κ3) is 2.20. The van der Waals surface area contributed by atoms with Gasteiger partial charge in [-0.2, -0.15) is 0 Å². The molecule has 0 atom stereocenters. The maximum Gasteiger partial charge on any atom is 0.259 e. The van der Waals surface area contributed by atoms with Crippen LogP contribution in [0.4, 0.5) is 8.78 Å². The van der Waals surface area contributed by atoms with Crippen LogP contribution in [0, 0.1) is 18.6 Å². The summed E-state index contributed by atoms with van der Waals surface area (Å²) in [5.74, 6) is -1.82. The van der Waals surface area contributed by atoms with Crippen LogP contribution in [0.15, 0.2) is 41.3 Å². The Morgan fingerprint density at radius 1 is 1.10 bits per heavy atom. The molecule has 0 N–H and O–H groups in total. The number of hydrogen-bond acceptors (Lipinski definition) is 2. The van der Waals surface area contributed by atoms with E-state index in [4.69, 9.17) is 0 Å². The highest BCUT2D eigenvalue weighted by Crippen LogP contribution is 2.24. The first kappa shape index (κ1) is 13.4. The van der Waals surface area contributed by atoms with E-state index in [1.54, 1.807) is 32.3 Å². The molecule has 2 heterocycles. The summed E-state index contributed by atoms with van der Waals surface area (Å²) >= 11 is 0. The number of halogens is 2. The lowest BCUT2D eigenvalue weighted by atomic mass is 10.1. The van der Waals surface area contributed by atoms with Gasteiger partial charge in [-0.1, -0.05) is 0 Å². The highest BCUT2D eigenvalue weighted by atomic mass is 19.2. The first-order chi connectivity index (χ1) is 9.97. The molecule has 3 aromatic rings. The van der Waals surface area contributed by atoms with Crippen LogP contribution < -0.4 is 5.56 Å². The zero-order valence-corrected chi connectivity index (χ0v) is 11.5. The summed E-state index contributed by atoms with van der Waals surface area (Å²) in [6, 6.07) is 7.14. The molecule has 0 spiro atoms. The molecule has 0 bridgehead atoms. The third-order valence-electron chi connectivity index (χ3n) is 3.46. The van der Waals surface area contributed by atoms with Crippen LogP contribution in [0.3, 0.4) is 0 Å². The Morgan fingerprint density at radius 2 is 1.86 bits per heavy atom. The van der Waals surface area contributed by atoms with Crippen molar-refractivity contribution in [3.05, 3.63) is 64.2 Å². The number of pyridine rings is 2. The average Bonchev–Trinajstić information content (AvgIpc) is 2.45. The van der Waals surface area contributed by atoms with E-state index < -0.39 is 11.6 Å². The molecule has 0 aliphatic carbocycles. The van der Waals surface area contributed by atoms with Crippen LogP contribution in [-0.2, 0) is 7.05 Å². The van der Waals surface area contributed by atoms with Crippen molar-refractivity contribution in [2.75, 3.05) is 0 Å². The van der Waals surface area contributed by atoms with Gasteiger partial charge in [0.05, 0.1) is 16.8 Å². The van der Waals surface area contributed by atoms with Gasteiger partial charge in [0.2, 0.25) is 0 Å². The fourth-order valence-electron chi connectivity index (χ4n) is 2.35. The normalized spacial score (nSPS) is 11.0. The van der Waals surface area contributed by atoms with Crippen LogP contribution in [0.2, 0.25) is 0 Å². The second-order valence-corrected chi connectivity index (χ2v) is 4.92. The van der Waals surface area contributed by atoms with Gasteiger partial charge in [-0.3, -0.25) is 9.78 Å². The predicted octanol–water partition coefficient (Wildman–Crippen LogP) is 3.19. The van der Waals surface area contributed by atoms with Crippen molar-refractivity contribution >= 4 is 10.8 Å². The number of hydrogen-bond donors (Lipinski definition) is 0. The molecule has 0 radical (unpaired) electrons. The Kier molecular flexibility index (Phi) is 3.05. The molecule has 3 rings (SSSR count). The molecule has 106 valence electrons. The predicted molar refractivity (Wildman–Crippen MR) is 77.1 cm³/mol. The molecular formula is C16H12F2N2O. The quantitative estimate of drug-likeness (QED) is 0.688. The molecule has 0 amide bonds. The van der Waals surface area contributed by atoms with E-state index in [0.717, 1.165) is 17.5 Å². The summed E-state index contributed by atoms with van der Waals surface area (Å²) in [5, 5.41) is 1.26. The van der Waals surface area contributed by atoms with Crippen LogP contribution >= 0.6 is 0 Å². The lowest BCUT2D eigenvalue weighted by molar-refractivity contribution is 0.509. The van der Waals surface area contributed by atoms with Gasteiger partial charge in [-0.25, -0.2) is 8.78 Å². The Morgan fingerprint density at radius 3 is 2.57 bits per heavy atom. The van der Waals surface area contributed by atoms with Crippen molar-refractivity contribution in [2.45, 2.75) is 6.92 Å². The highest BCUT2D eigenvalue weighted by molar-refractivity contribution is 5.86. The van der Waals surface area contributed by atoms with E-state index in [-0.39, 0.29) is 5.56 Å². The lowest BCUT2D eigenvalue weighted by Gasteiger charge is -2.08. The summed E-state index contributed by atoms with van der Waals surface area (Å²) in [7, 11) is 1.67. The van der Waals surface area contributed by atoms with Crippen LogP contribution in [0.5, 0.6) is 0 Å². The molecule has 0 aliphatic rings. The molecule has 2 aromatic heterocycles. The van der Waals surface area contributed by atoms with Gasteiger partial charge >= 0.3 is 0 Å². The molecule has 0 fully saturated rings. The smallest absolute Gasteiger partial charge is 0.259 e. The van der Waals surface area contributed by atoms with Crippen LogP contribution in [0.25, 0.3) is 22.0 Å². The first-order valence-electron chi connectivity index (χ1n) is 6.40.